The van der Waals surface area contributed by atoms with Crippen molar-refractivity contribution in [3.8, 4) is 33.8 Å². The quantitative estimate of drug-likeness (QED) is 0.602. The summed E-state index contributed by atoms with van der Waals surface area (Å²) in [4.78, 5) is 0. The van der Waals surface area contributed by atoms with Crippen molar-refractivity contribution >= 4 is 0 Å². The van der Waals surface area contributed by atoms with Crippen molar-refractivity contribution in [1.29, 1.82) is 0 Å². The Bertz CT molecular complexity index is 903. The molecule has 2 heteroatoms. The fourth-order valence-corrected chi connectivity index (χ4v) is 3.22. The minimum absolute atomic E-state index is 0.223. The second kappa shape index (κ2) is 6.64. The molecule has 0 spiro atoms. The summed E-state index contributed by atoms with van der Waals surface area (Å²) < 4.78 is 0. The molecule has 0 aliphatic heterocycles. The van der Waals surface area contributed by atoms with Gasteiger partial charge in [0.15, 0.2) is 0 Å². The highest BCUT2D eigenvalue weighted by Crippen LogP contribution is 2.34. The second-order valence-corrected chi connectivity index (χ2v) is 7.11. The van der Waals surface area contributed by atoms with Gasteiger partial charge in [-0.1, -0.05) is 49.2 Å². The number of benzene rings is 3. The van der Waals surface area contributed by atoms with Crippen LogP contribution >= 0.6 is 0 Å². The summed E-state index contributed by atoms with van der Waals surface area (Å²) in [6.07, 6.45) is 0. The number of aryl methyl sites for hydroxylation is 2. The second-order valence-electron chi connectivity index (χ2n) is 7.11. The summed E-state index contributed by atoms with van der Waals surface area (Å²) in [6.45, 7) is 8.35. The molecule has 3 aromatic rings. The van der Waals surface area contributed by atoms with Crippen LogP contribution in [0.15, 0.2) is 54.6 Å². The predicted molar refractivity (Wildman–Crippen MR) is 104 cm³/mol. The molecule has 0 atom stereocenters. The zero-order chi connectivity index (χ0) is 18.1. The van der Waals surface area contributed by atoms with E-state index in [0.717, 1.165) is 27.8 Å². The van der Waals surface area contributed by atoms with E-state index >= 15 is 0 Å². The van der Waals surface area contributed by atoms with Crippen LogP contribution in [0.3, 0.4) is 0 Å². The Morgan fingerprint density at radius 1 is 0.560 bits per heavy atom. The standard InChI is InChI=1S/C23H24O2/c1-14(2)17-8-19(11-22(24)10-17)21-9-20(12-23(25)13-21)18-6-15(3)5-16(4)7-18/h5-14,24-25H,1-4H3. The van der Waals surface area contributed by atoms with Gasteiger partial charge in [-0.25, -0.2) is 0 Å². The van der Waals surface area contributed by atoms with E-state index in [1.54, 1.807) is 24.3 Å². The molecular weight excluding hydrogens is 308 g/mol. The van der Waals surface area contributed by atoms with Gasteiger partial charge in [-0.15, -0.1) is 0 Å². The molecule has 0 aliphatic carbocycles. The Morgan fingerprint density at radius 2 is 1.00 bits per heavy atom. The maximum absolute atomic E-state index is 10.2. The molecule has 3 rings (SSSR count). The molecule has 0 aromatic heterocycles. The van der Waals surface area contributed by atoms with Crippen molar-refractivity contribution in [3.63, 3.8) is 0 Å². The fraction of sp³-hybridized carbons (Fsp3) is 0.217. The van der Waals surface area contributed by atoms with E-state index in [9.17, 15) is 10.2 Å². The number of phenolic OH excluding ortho intramolecular Hbond substituents is 2. The molecule has 0 saturated carbocycles. The van der Waals surface area contributed by atoms with Crippen LogP contribution in [0.5, 0.6) is 11.5 Å². The van der Waals surface area contributed by atoms with Crippen molar-refractivity contribution < 1.29 is 10.2 Å². The van der Waals surface area contributed by atoms with Crippen LogP contribution < -0.4 is 0 Å². The van der Waals surface area contributed by atoms with E-state index in [1.165, 1.54) is 11.1 Å². The summed E-state index contributed by atoms with van der Waals surface area (Å²) in [5.41, 5.74) is 7.32. The van der Waals surface area contributed by atoms with Gasteiger partial charge in [-0.2, -0.15) is 0 Å². The highest BCUT2D eigenvalue weighted by molar-refractivity contribution is 5.76. The average Bonchev–Trinajstić information content (AvgIpc) is 2.52. The average molecular weight is 332 g/mol. The summed E-state index contributed by atoms with van der Waals surface area (Å²) >= 11 is 0. The van der Waals surface area contributed by atoms with Crippen molar-refractivity contribution in [2.24, 2.45) is 0 Å². The Labute approximate surface area is 149 Å². The minimum Gasteiger partial charge on any atom is -0.508 e. The Morgan fingerprint density at radius 3 is 1.52 bits per heavy atom. The lowest BCUT2D eigenvalue weighted by Gasteiger charge is -2.12. The summed E-state index contributed by atoms with van der Waals surface area (Å²) in [7, 11) is 0. The Hall–Kier alpha value is -2.74. The molecule has 0 aliphatic rings. The van der Waals surface area contributed by atoms with Crippen LogP contribution in [0.25, 0.3) is 22.3 Å². The van der Waals surface area contributed by atoms with Crippen LogP contribution in [-0.4, -0.2) is 10.2 Å². The SMILES string of the molecule is Cc1cc(C)cc(-c2cc(O)cc(-c3cc(O)cc(C(C)C)c3)c2)c1. The van der Waals surface area contributed by atoms with E-state index in [2.05, 4.69) is 58.0 Å². The molecular formula is C23H24O2. The summed E-state index contributed by atoms with van der Waals surface area (Å²) in [5.74, 6) is 0.792. The molecule has 25 heavy (non-hydrogen) atoms. The first-order chi connectivity index (χ1) is 11.8. The van der Waals surface area contributed by atoms with E-state index in [0.29, 0.717) is 5.92 Å². The van der Waals surface area contributed by atoms with E-state index < -0.39 is 0 Å². The van der Waals surface area contributed by atoms with Gasteiger partial charge in [0.1, 0.15) is 11.5 Å². The third kappa shape index (κ3) is 3.85. The molecule has 0 unspecified atom stereocenters. The normalized spacial score (nSPS) is 11.1. The molecule has 2 N–H and O–H groups in total. The van der Waals surface area contributed by atoms with Gasteiger partial charge in [0.25, 0.3) is 0 Å². The Balaban J connectivity index is 2.14. The fourth-order valence-electron chi connectivity index (χ4n) is 3.22. The van der Waals surface area contributed by atoms with E-state index in [1.807, 2.05) is 0 Å². The first kappa shape index (κ1) is 17.1. The number of rotatable bonds is 3. The summed E-state index contributed by atoms with van der Waals surface area (Å²) in [6, 6.07) is 17.6. The number of hydrogen-bond donors (Lipinski definition) is 2. The monoisotopic (exact) mass is 332 g/mol. The van der Waals surface area contributed by atoms with Crippen LogP contribution in [0, 0.1) is 13.8 Å². The molecule has 2 nitrogen and oxygen atoms in total. The molecule has 0 fully saturated rings. The van der Waals surface area contributed by atoms with Gasteiger partial charge in [0.05, 0.1) is 0 Å². The first-order valence-corrected chi connectivity index (χ1v) is 8.59. The van der Waals surface area contributed by atoms with Gasteiger partial charge in [-0.05, 0) is 77.9 Å². The molecule has 0 heterocycles. The number of phenols is 2. The number of hydrogen-bond acceptors (Lipinski definition) is 2. The van der Waals surface area contributed by atoms with Crippen molar-refractivity contribution in [2.45, 2.75) is 33.6 Å². The third-order valence-electron chi connectivity index (χ3n) is 4.41. The number of aromatic hydroxyl groups is 2. The zero-order valence-electron chi connectivity index (χ0n) is 15.2. The third-order valence-corrected chi connectivity index (χ3v) is 4.41. The smallest absolute Gasteiger partial charge is 0.116 e. The molecule has 128 valence electrons. The van der Waals surface area contributed by atoms with Crippen LogP contribution in [0.2, 0.25) is 0 Å². The van der Waals surface area contributed by atoms with E-state index in [-0.39, 0.29) is 11.5 Å². The lowest BCUT2D eigenvalue weighted by molar-refractivity contribution is 0.473. The lowest BCUT2D eigenvalue weighted by Crippen LogP contribution is -1.89. The van der Waals surface area contributed by atoms with Crippen molar-refractivity contribution in [3.05, 3.63) is 71.3 Å². The summed E-state index contributed by atoms with van der Waals surface area (Å²) in [5, 5.41) is 20.3. The molecule has 0 saturated heterocycles. The molecule has 0 bridgehead atoms. The largest absolute Gasteiger partial charge is 0.508 e. The van der Waals surface area contributed by atoms with Crippen LogP contribution in [-0.2, 0) is 0 Å². The first-order valence-electron chi connectivity index (χ1n) is 8.59. The van der Waals surface area contributed by atoms with E-state index in [4.69, 9.17) is 0 Å². The Kier molecular flexibility index (Phi) is 4.54. The highest BCUT2D eigenvalue weighted by Gasteiger charge is 2.09. The van der Waals surface area contributed by atoms with Gasteiger partial charge in [-0.3, -0.25) is 0 Å². The van der Waals surface area contributed by atoms with Crippen LogP contribution in [0.1, 0.15) is 36.5 Å². The highest BCUT2D eigenvalue weighted by atomic mass is 16.3. The minimum atomic E-state index is 0.223. The predicted octanol–water partition coefficient (Wildman–Crippen LogP) is 6.17. The van der Waals surface area contributed by atoms with Gasteiger partial charge in [0, 0.05) is 0 Å². The molecule has 0 amide bonds. The molecule has 0 radical (unpaired) electrons. The maximum Gasteiger partial charge on any atom is 0.116 e. The lowest BCUT2D eigenvalue weighted by atomic mass is 9.93. The van der Waals surface area contributed by atoms with Crippen molar-refractivity contribution in [1.82, 2.24) is 0 Å². The van der Waals surface area contributed by atoms with Crippen molar-refractivity contribution in [2.75, 3.05) is 0 Å². The maximum atomic E-state index is 10.2. The molecule has 3 aromatic carbocycles. The van der Waals surface area contributed by atoms with Crippen LogP contribution in [0.4, 0.5) is 0 Å². The van der Waals surface area contributed by atoms with Gasteiger partial charge < -0.3 is 10.2 Å². The topological polar surface area (TPSA) is 40.5 Å². The van der Waals surface area contributed by atoms with Gasteiger partial charge in [0.2, 0.25) is 0 Å². The van der Waals surface area contributed by atoms with Gasteiger partial charge >= 0.3 is 0 Å². The zero-order valence-corrected chi connectivity index (χ0v) is 15.2.